The van der Waals surface area contributed by atoms with Crippen molar-refractivity contribution in [2.75, 3.05) is 5.73 Å². The Balaban J connectivity index is 2.36. The number of primary amides is 1. The quantitative estimate of drug-likeness (QED) is 0.693. The number of aromatic nitrogens is 3. The highest BCUT2D eigenvalue weighted by molar-refractivity contribution is 6.33. The molecule has 0 saturated carbocycles. The second-order valence-corrected chi connectivity index (χ2v) is 5.07. The lowest BCUT2D eigenvalue weighted by Crippen LogP contribution is -2.13. The maximum absolute atomic E-state index is 13.9. The Labute approximate surface area is 133 Å². The summed E-state index contributed by atoms with van der Waals surface area (Å²) in [5.74, 6) is -1.55. The van der Waals surface area contributed by atoms with Crippen LogP contribution < -0.4 is 11.5 Å². The number of pyridine rings is 1. The first-order valence-corrected chi connectivity index (χ1v) is 6.63. The van der Waals surface area contributed by atoms with Gasteiger partial charge in [0.15, 0.2) is 5.82 Å². The minimum Gasteiger partial charge on any atom is -0.399 e. The molecule has 1 amide bonds. The van der Waals surface area contributed by atoms with Gasteiger partial charge in [0.2, 0.25) is 0 Å². The number of nitrogen functional groups attached to an aromatic ring is 1. The first-order chi connectivity index (χ1) is 10.9. The molecular weight excluding hydrogens is 323 g/mol. The Hall–Kier alpha value is -3.18. The summed E-state index contributed by atoms with van der Waals surface area (Å²) >= 11 is 6.12. The maximum Gasteiger partial charge on any atom is 0.268 e. The molecule has 0 aliphatic carbocycles. The largest absolute Gasteiger partial charge is 0.399 e. The number of rotatable bonds is 2. The van der Waals surface area contributed by atoms with Crippen LogP contribution in [0.5, 0.6) is 0 Å². The summed E-state index contributed by atoms with van der Waals surface area (Å²) in [4.78, 5) is 15.1. The van der Waals surface area contributed by atoms with Gasteiger partial charge in [0.1, 0.15) is 23.0 Å². The molecule has 0 bridgehead atoms. The summed E-state index contributed by atoms with van der Waals surface area (Å²) < 4.78 is 15.1. The zero-order valence-corrected chi connectivity index (χ0v) is 12.2. The second kappa shape index (κ2) is 5.23. The van der Waals surface area contributed by atoms with Gasteiger partial charge in [-0.3, -0.25) is 4.79 Å². The molecule has 0 aliphatic heterocycles. The molecule has 4 N–H and O–H groups in total. The summed E-state index contributed by atoms with van der Waals surface area (Å²) in [6.07, 6.45) is 2.19. The molecule has 0 saturated heterocycles. The Morgan fingerprint density at radius 3 is 2.83 bits per heavy atom. The Morgan fingerprint density at radius 1 is 1.43 bits per heavy atom. The minimum atomic E-state index is -0.821. The van der Waals surface area contributed by atoms with Crippen molar-refractivity contribution in [2.45, 2.75) is 0 Å². The Morgan fingerprint density at radius 2 is 2.17 bits per heavy atom. The number of carbonyl (C=O) groups excluding carboxylic acids is 1. The van der Waals surface area contributed by atoms with Gasteiger partial charge >= 0.3 is 0 Å². The highest BCUT2D eigenvalue weighted by atomic mass is 35.5. The third-order valence-electron chi connectivity index (χ3n) is 3.17. The van der Waals surface area contributed by atoms with E-state index in [4.69, 9.17) is 23.1 Å². The molecule has 0 atom stereocenters. The van der Waals surface area contributed by atoms with E-state index >= 15 is 0 Å². The van der Waals surface area contributed by atoms with Crippen molar-refractivity contribution >= 4 is 34.1 Å². The molecule has 23 heavy (non-hydrogen) atoms. The molecule has 9 heteroatoms. The highest BCUT2D eigenvalue weighted by Gasteiger charge is 2.19. The first-order valence-electron chi connectivity index (χ1n) is 6.25. The summed E-state index contributed by atoms with van der Waals surface area (Å²) in [5.41, 5.74) is 11.3. The lowest BCUT2D eigenvalue weighted by atomic mass is 10.1. The fraction of sp³-hybridized carbons (Fsp3) is 0. The lowest BCUT2D eigenvalue weighted by Gasteiger charge is -2.07. The number of carbonyl (C=O) groups is 1. The third kappa shape index (κ3) is 2.33. The number of hydrogen-bond donors (Lipinski definition) is 2. The van der Waals surface area contributed by atoms with E-state index in [1.165, 1.54) is 23.0 Å². The number of anilines is 1. The molecule has 0 radical (unpaired) electrons. The van der Waals surface area contributed by atoms with Crippen molar-refractivity contribution in [3.05, 3.63) is 46.6 Å². The number of nitriles is 1. The van der Waals surface area contributed by atoms with E-state index in [1.807, 2.05) is 6.07 Å². The zero-order chi connectivity index (χ0) is 16.7. The van der Waals surface area contributed by atoms with Crippen molar-refractivity contribution in [1.29, 1.82) is 5.26 Å². The van der Waals surface area contributed by atoms with Crippen LogP contribution in [0.1, 0.15) is 16.1 Å². The molecule has 0 unspecified atom stereocenters. The molecule has 0 aliphatic rings. The highest BCUT2D eigenvalue weighted by Crippen LogP contribution is 2.29. The number of hydrogen-bond acceptors (Lipinski definition) is 5. The molecule has 3 aromatic rings. The van der Waals surface area contributed by atoms with Gasteiger partial charge < -0.3 is 11.5 Å². The predicted molar refractivity (Wildman–Crippen MR) is 81.5 cm³/mol. The molecule has 7 nitrogen and oxygen atoms in total. The molecule has 2 aromatic heterocycles. The van der Waals surface area contributed by atoms with E-state index in [1.54, 1.807) is 0 Å². The summed E-state index contributed by atoms with van der Waals surface area (Å²) in [6.45, 7) is 0. The van der Waals surface area contributed by atoms with Crippen LogP contribution in [-0.2, 0) is 0 Å². The fourth-order valence-corrected chi connectivity index (χ4v) is 2.54. The summed E-state index contributed by atoms with van der Waals surface area (Å²) in [5, 5.41) is 13.6. The van der Waals surface area contributed by atoms with Crippen molar-refractivity contribution in [3.63, 3.8) is 0 Å². The molecule has 1 aromatic carbocycles. The van der Waals surface area contributed by atoms with E-state index in [2.05, 4.69) is 10.1 Å². The topological polar surface area (TPSA) is 124 Å². The van der Waals surface area contributed by atoms with Crippen LogP contribution in [0.2, 0.25) is 5.02 Å². The maximum atomic E-state index is 13.9. The van der Waals surface area contributed by atoms with Crippen molar-refractivity contribution < 1.29 is 9.18 Å². The van der Waals surface area contributed by atoms with Crippen LogP contribution in [0.4, 0.5) is 10.1 Å². The zero-order valence-electron chi connectivity index (χ0n) is 11.4. The van der Waals surface area contributed by atoms with E-state index in [9.17, 15) is 14.4 Å². The molecule has 3 rings (SSSR count). The van der Waals surface area contributed by atoms with Gasteiger partial charge in [0.25, 0.3) is 5.91 Å². The number of nitrogens with zero attached hydrogens (tertiary/aromatic N) is 4. The molecular formula is C14H8ClFN6O. The van der Waals surface area contributed by atoms with E-state index in [0.29, 0.717) is 5.69 Å². The molecule has 2 heterocycles. The molecule has 0 spiro atoms. The number of halogens is 2. The monoisotopic (exact) mass is 330 g/mol. The van der Waals surface area contributed by atoms with Gasteiger partial charge in [-0.25, -0.2) is 14.1 Å². The number of fused-ring (bicyclic) bond motifs is 1. The molecule has 114 valence electrons. The van der Waals surface area contributed by atoms with Gasteiger partial charge in [-0.05, 0) is 12.1 Å². The lowest BCUT2D eigenvalue weighted by molar-refractivity contribution is 0.0997. The average molecular weight is 331 g/mol. The van der Waals surface area contributed by atoms with Gasteiger partial charge in [-0.15, -0.1) is 0 Å². The SMILES string of the molecule is N#Cc1cc(N)cc(Cl)c1-n1cc2c(C(N)=O)ncc(F)c2n1. The summed E-state index contributed by atoms with van der Waals surface area (Å²) in [7, 11) is 0. The average Bonchev–Trinajstić information content (AvgIpc) is 2.91. The smallest absolute Gasteiger partial charge is 0.268 e. The van der Waals surface area contributed by atoms with Crippen LogP contribution in [0.15, 0.2) is 24.5 Å². The van der Waals surface area contributed by atoms with E-state index < -0.39 is 11.7 Å². The fourth-order valence-electron chi connectivity index (χ4n) is 2.22. The normalized spacial score (nSPS) is 10.7. The predicted octanol–water partition coefficient (Wildman–Crippen LogP) is 1.77. The van der Waals surface area contributed by atoms with Crippen LogP contribution >= 0.6 is 11.6 Å². The first kappa shape index (κ1) is 14.7. The summed E-state index contributed by atoms with van der Waals surface area (Å²) in [6, 6.07) is 4.80. The number of amides is 1. The molecule has 0 fully saturated rings. The third-order valence-corrected chi connectivity index (χ3v) is 3.46. The standard InChI is InChI=1S/C14H8ClFN6O/c15-9-2-7(18)1-6(3-17)13(9)22-5-8-11(21-22)10(16)4-20-12(8)14(19)23/h1-2,4-5H,18H2,(H2,19,23). The van der Waals surface area contributed by atoms with Gasteiger partial charge in [0.05, 0.1) is 22.2 Å². The van der Waals surface area contributed by atoms with Crippen LogP contribution in [0, 0.1) is 17.1 Å². The van der Waals surface area contributed by atoms with Gasteiger partial charge in [-0.2, -0.15) is 10.4 Å². The Bertz CT molecular complexity index is 1010. The van der Waals surface area contributed by atoms with Crippen LogP contribution in [0.25, 0.3) is 16.6 Å². The van der Waals surface area contributed by atoms with Gasteiger partial charge in [-0.1, -0.05) is 11.6 Å². The van der Waals surface area contributed by atoms with Crippen LogP contribution in [-0.4, -0.2) is 20.7 Å². The van der Waals surface area contributed by atoms with Crippen molar-refractivity contribution in [2.24, 2.45) is 5.73 Å². The Kier molecular flexibility index (Phi) is 3.35. The van der Waals surface area contributed by atoms with E-state index in [-0.39, 0.29) is 32.9 Å². The van der Waals surface area contributed by atoms with Crippen LogP contribution in [0.3, 0.4) is 0 Å². The van der Waals surface area contributed by atoms with E-state index in [0.717, 1.165) is 6.20 Å². The minimum absolute atomic E-state index is 0.106. The second-order valence-electron chi connectivity index (χ2n) is 4.67. The van der Waals surface area contributed by atoms with Crippen molar-refractivity contribution in [1.82, 2.24) is 14.8 Å². The number of benzene rings is 1. The number of nitrogens with two attached hydrogens (primary N) is 2. The van der Waals surface area contributed by atoms with Gasteiger partial charge in [0, 0.05) is 11.9 Å². The van der Waals surface area contributed by atoms with Crippen molar-refractivity contribution in [3.8, 4) is 11.8 Å².